The summed E-state index contributed by atoms with van der Waals surface area (Å²) in [6, 6.07) is 8.74. The third kappa shape index (κ3) is 4.42. The minimum Gasteiger partial charge on any atom is -0.492 e. The van der Waals surface area contributed by atoms with Gasteiger partial charge in [0.1, 0.15) is 17.4 Å². The molecule has 27 heavy (non-hydrogen) atoms. The number of carbonyl (C=O) groups is 1. The first kappa shape index (κ1) is 18.8. The van der Waals surface area contributed by atoms with Crippen molar-refractivity contribution in [3.63, 3.8) is 0 Å². The smallest absolute Gasteiger partial charge is 0.421 e. The monoisotopic (exact) mass is 381 g/mol. The van der Waals surface area contributed by atoms with Gasteiger partial charge in [-0.2, -0.15) is 13.2 Å². The number of alkyl halides is 3. The molecule has 1 aromatic heterocycles. The molecular weight excluding hydrogens is 363 g/mol. The summed E-state index contributed by atoms with van der Waals surface area (Å²) in [5.74, 6) is 0.0710. The van der Waals surface area contributed by atoms with Crippen LogP contribution in [0.5, 0.6) is 11.6 Å². The predicted molar refractivity (Wildman–Crippen MR) is 91.9 cm³/mol. The zero-order chi connectivity index (χ0) is 19.4. The average molecular weight is 381 g/mol. The number of anilines is 1. The van der Waals surface area contributed by atoms with E-state index in [1.807, 2.05) is 6.92 Å². The Hall–Kier alpha value is -2.97. The summed E-state index contributed by atoms with van der Waals surface area (Å²) in [6.07, 6.45) is -3.86. The zero-order valence-electron chi connectivity index (χ0n) is 14.5. The number of hydrogen-bond acceptors (Lipinski definition) is 4. The van der Waals surface area contributed by atoms with Crippen LogP contribution in [-0.2, 0) is 6.18 Å². The van der Waals surface area contributed by atoms with E-state index in [9.17, 15) is 18.0 Å². The van der Waals surface area contributed by atoms with Crippen LogP contribution in [0.25, 0.3) is 0 Å². The van der Waals surface area contributed by atoms with E-state index in [0.29, 0.717) is 18.0 Å². The maximum atomic E-state index is 13.0. The van der Waals surface area contributed by atoms with Crippen LogP contribution in [0.2, 0.25) is 0 Å². The summed E-state index contributed by atoms with van der Waals surface area (Å²) in [5, 5.41) is 2.73. The quantitative estimate of drug-likeness (QED) is 0.856. The molecule has 1 aromatic carbocycles. The number of halogens is 3. The molecule has 0 spiro atoms. The number of urea groups is 1. The number of aromatic nitrogens is 1. The summed E-state index contributed by atoms with van der Waals surface area (Å²) < 4.78 is 49.7. The number of benzene rings is 1. The van der Waals surface area contributed by atoms with E-state index in [2.05, 4.69) is 10.3 Å². The SMILES string of the molecule is CCOc1ccccc1NC(=O)N1CC(Oc2ncccc2C(F)(F)F)C1. The highest BCUT2D eigenvalue weighted by Gasteiger charge is 2.38. The van der Waals surface area contributed by atoms with Gasteiger partial charge in [0.2, 0.25) is 5.88 Å². The van der Waals surface area contributed by atoms with Gasteiger partial charge in [-0.25, -0.2) is 9.78 Å². The Morgan fingerprint density at radius 2 is 2.00 bits per heavy atom. The molecule has 0 bridgehead atoms. The van der Waals surface area contributed by atoms with Gasteiger partial charge in [-0.15, -0.1) is 0 Å². The molecule has 1 saturated heterocycles. The summed E-state index contributed by atoms with van der Waals surface area (Å²) in [7, 11) is 0. The number of nitrogens with one attached hydrogen (secondary N) is 1. The molecule has 0 saturated carbocycles. The molecule has 6 nitrogen and oxygen atoms in total. The molecule has 1 aliphatic heterocycles. The maximum Gasteiger partial charge on any atom is 0.421 e. The number of pyridine rings is 1. The maximum absolute atomic E-state index is 13.0. The second kappa shape index (κ2) is 7.73. The third-order valence-electron chi connectivity index (χ3n) is 3.92. The van der Waals surface area contributed by atoms with Crippen LogP contribution in [0.1, 0.15) is 12.5 Å². The Kier molecular flexibility index (Phi) is 5.38. The molecule has 3 rings (SSSR count). The van der Waals surface area contributed by atoms with E-state index in [0.717, 1.165) is 6.07 Å². The fourth-order valence-corrected chi connectivity index (χ4v) is 2.58. The Morgan fingerprint density at radius 3 is 2.70 bits per heavy atom. The van der Waals surface area contributed by atoms with Crippen molar-refractivity contribution in [2.75, 3.05) is 25.0 Å². The highest BCUT2D eigenvalue weighted by atomic mass is 19.4. The molecule has 2 amide bonds. The molecule has 9 heteroatoms. The second-order valence-corrected chi connectivity index (χ2v) is 5.86. The normalized spacial score (nSPS) is 14.4. The van der Waals surface area contributed by atoms with Crippen molar-refractivity contribution in [2.24, 2.45) is 0 Å². The number of rotatable bonds is 5. The van der Waals surface area contributed by atoms with E-state index in [1.54, 1.807) is 24.3 Å². The van der Waals surface area contributed by atoms with E-state index in [1.165, 1.54) is 17.2 Å². The van der Waals surface area contributed by atoms with Crippen LogP contribution in [-0.4, -0.2) is 41.7 Å². The highest BCUT2D eigenvalue weighted by Crippen LogP contribution is 2.35. The Balaban J connectivity index is 1.57. The average Bonchev–Trinajstić information content (AvgIpc) is 2.59. The first-order chi connectivity index (χ1) is 12.9. The number of para-hydroxylation sites is 2. The second-order valence-electron chi connectivity index (χ2n) is 5.86. The standard InChI is InChI=1S/C18H18F3N3O3/c1-2-26-15-8-4-3-7-14(15)23-17(25)24-10-12(11-24)27-16-13(18(19,20)21)6-5-9-22-16/h3-9,12H,2,10-11H2,1H3,(H,23,25). The van der Waals surface area contributed by atoms with Crippen molar-refractivity contribution < 1.29 is 27.4 Å². The van der Waals surface area contributed by atoms with Crippen LogP contribution in [0.4, 0.5) is 23.7 Å². The Labute approximate surface area is 153 Å². The minimum absolute atomic E-state index is 0.163. The van der Waals surface area contributed by atoms with Crippen molar-refractivity contribution in [1.82, 2.24) is 9.88 Å². The lowest BCUT2D eigenvalue weighted by Crippen LogP contribution is -2.57. The number of nitrogens with zero attached hydrogens (tertiary/aromatic N) is 2. The third-order valence-corrected chi connectivity index (χ3v) is 3.92. The van der Waals surface area contributed by atoms with E-state index in [4.69, 9.17) is 9.47 Å². The molecule has 1 fully saturated rings. The lowest BCUT2D eigenvalue weighted by atomic mass is 10.2. The lowest BCUT2D eigenvalue weighted by Gasteiger charge is -2.38. The van der Waals surface area contributed by atoms with Gasteiger partial charge in [-0.1, -0.05) is 12.1 Å². The molecule has 0 unspecified atom stereocenters. The highest BCUT2D eigenvalue weighted by molar-refractivity contribution is 5.91. The summed E-state index contributed by atoms with van der Waals surface area (Å²) >= 11 is 0. The Bertz CT molecular complexity index is 808. The summed E-state index contributed by atoms with van der Waals surface area (Å²) in [4.78, 5) is 17.4. The van der Waals surface area contributed by atoms with Crippen molar-refractivity contribution >= 4 is 11.7 Å². The number of hydrogen-bond donors (Lipinski definition) is 1. The van der Waals surface area contributed by atoms with Crippen LogP contribution in [0.15, 0.2) is 42.6 Å². The zero-order valence-corrected chi connectivity index (χ0v) is 14.5. The van der Waals surface area contributed by atoms with Crippen molar-refractivity contribution in [3.05, 3.63) is 48.2 Å². The van der Waals surface area contributed by atoms with Gasteiger partial charge in [-0.3, -0.25) is 0 Å². The topological polar surface area (TPSA) is 63.7 Å². The van der Waals surface area contributed by atoms with E-state index >= 15 is 0 Å². The van der Waals surface area contributed by atoms with E-state index in [-0.39, 0.29) is 19.1 Å². The number of ether oxygens (including phenoxy) is 2. The first-order valence-electron chi connectivity index (χ1n) is 8.35. The molecule has 1 N–H and O–H groups in total. The Morgan fingerprint density at radius 1 is 1.26 bits per heavy atom. The largest absolute Gasteiger partial charge is 0.492 e. The first-order valence-corrected chi connectivity index (χ1v) is 8.35. The molecule has 0 radical (unpaired) electrons. The van der Waals surface area contributed by atoms with Gasteiger partial charge in [0.05, 0.1) is 25.4 Å². The fourth-order valence-electron chi connectivity index (χ4n) is 2.58. The van der Waals surface area contributed by atoms with Gasteiger partial charge in [-0.05, 0) is 31.2 Å². The van der Waals surface area contributed by atoms with Crippen molar-refractivity contribution in [3.8, 4) is 11.6 Å². The van der Waals surface area contributed by atoms with Gasteiger partial charge < -0.3 is 19.7 Å². The van der Waals surface area contributed by atoms with Gasteiger partial charge in [0.15, 0.2) is 0 Å². The molecule has 0 aliphatic carbocycles. The molecule has 144 valence electrons. The number of amides is 2. The number of carbonyl (C=O) groups excluding carboxylic acids is 1. The molecule has 2 heterocycles. The fraction of sp³-hybridized carbons (Fsp3) is 0.333. The van der Waals surface area contributed by atoms with E-state index < -0.39 is 23.7 Å². The minimum atomic E-state index is -4.55. The van der Waals surface area contributed by atoms with Crippen LogP contribution in [0.3, 0.4) is 0 Å². The van der Waals surface area contributed by atoms with Crippen LogP contribution >= 0.6 is 0 Å². The summed E-state index contributed by atoms with van der Waals surface area (Å²) in [6.45, 7) is 2.62. The molecular formula is C18H18F3N3O3. The van der Waals surface area contributed by atoms with Crippen LogP contribution < -0.4 is 14.8 Å². The molecule has 1 aliphatic rings. The van der Waals surface area contributed by atoms with Crippen molar-refractivity contribution in [2.45, 2.75) is 19.2 Å². The lowest BCUT2D eigenvalue weighted by molar-refractivity contribution is -0.140. The number of likely N-dealkylation sites (tertiary alicyclic amines) is 1. The predicted octanol–water partition coefficient (Wildman–Crippen LogP) is 3.79. The van der Waals surface area contributed by atoms with Crippen molar-refractivity contribution in [1.29, 1.82) is 0 Å². The van der Waals surface area contributed by atoms with Gasteiger partial charge in [0.25, 0.3) is 0 Å². The summed E-state index contributed by atoms with van der Waals surface area (Å²) in [5.41, 5.74) is -0.406. The molecule has 0 atom stereocenters. The van der Waals surface area contributed by atoms with Gasteiger partial charge in [0, 0.05) is 6.20 Å². The van der Waals surface area contributed by atoms with Gasteiger partial charge >= 0.3 is 12.2 Å². The van der Waals surface area contributed by atoms with Crippen LogP contribution in [0, 0.1) is 0 Å². The molecule has 2 aromatic rings.